The SMILES string of the molecule is Cn1c(=O)c2ccccc2n2c(CN3CCN(S(=O)(=O)c4ccc(Cl)s4)CC3)nnc12. The van der Waals surface area contributed by atoms with Gasteiger partial charge in [0.2, 0.25) is 5.78 Å². The Kier molecular flexibility index (Phi) is 5.10. The molecule has 1 fully saturated rings. The molecule has 5 rings (SSSR count). The summed E-state index contributed by atoms with van der Waals surface area (Å²) in [5, 5.41) is 9.15. The molecule has 0 amide bonds. The Hall–Kier alpha value is -2.31. The third-order valence-corrected chi connectivity index (χ3v) is 9.13. The van der Waals surface area contributed by atoms with Crippen LogP contribution in [-0.4, -0.2) is 63.0 Å². The van der Waals surface area contributed by atoms with Crippen molar-refractivity contribution in [3.05, 3.63) is 56.9 Å². The summed E-state index contributed by atoms with van der Waals surface area (Å²) in [5.41, 5.74) is 0.644. The number of nitrogens with zero attached hydrogens (tertiary/aromatic N) is 6. The average molecular weight is 479 g/mol. The molecule has 1 aromatic carbocycles. The molecule has 1 aliphatic rings. The van der Waals surface area contributed by atoms with Crippen molar-refractivity contribution in [1.82, 2.24) is 28.4 Å². The first-order valence-corrected chi connectivity index (χ1v) is 12.3. The molecule has 0 aliphatic carbocycles. The number of rotatable bonds is 4. The number of thiophene rings is 1. The molecule has 0 bridgehead atoms. The Balaban J connectivity index is 1.39. The zero-order chi connectivity index (χ0) is 21.8. The van der Waals surface area contributed by atoms with Gasteiger partial charge in [0.05, 0.1) is 21.8 Å². The summed E-state index contributed by atoms with van der Waals surface area (Å²) in [6.45, 7) is 2.40. The Bertz CT molecular complexity index is 1450. The fraction of sp³-hybridized carbons (Fsp3) is 0.316. The fourth-order valence-corrected chi connectivity index (χ4v) is 6.95. The number of piperazine rings is 1. The number of hydrogen-bond acceptors (Lipinski definition) is 7. The van der Waals surface area contributed by atoms with E-state index in [4.69, 9.17) is 11.6 Å². The summed E-state index contributed by atoms with van der Waals surface area (Å²) < 4.78 is 31.2. The van der Waals surface area contributed by atoms with Crippen LogP contribution in [0.5, 0.6) is 0 Å². The molecule has 12 heteroatoms. The van der Waals surface area contributed by atoms with Gasteiger partial charge in [0.25, 0.3) is 15.6 Å². The van der Waals surface area contributed by atoms with E-state index in [0.717, 1.165) is 16.9 Å². The van der Waals surface area contributed by atoms with Gasteiger partial charge in [-0.15, -0.1) is 21.5 Å². The largest absolute Gasteiger partial charge is 0.293 e. The highest BCUT2D eigenvalue weighted by atomic mass is 35.5. The van der Waals surface area contributed by atoms with Crippen LogP contribution in [0.25, 0.3) is 16.7 Å². The second-order valence-corrected chi connectivity index (χ2v) is 11.3. The Morgan fingerprint density at radius 3 is 2.52 bits per heavy atom. The maximum atomic E-state index is 12.8. The topological polar surface area (TPSA) is 92.8 Å². The van der Waals surface area contributed by atoms with Crippen molar-refractivity contribution in [2.75, 3.05) is 26.2 Å². The van der Waals surface area contributed by atoms with E-state index in [1.807, 2.05) is 22.6 Å². The van der Waals surface area contributed by atoms with Crippen molar-refractivity contribution >= 4 is 49.6 Å². The predicted molar refractivity (Wildman–Crippen MR) is 119 cm³/mol. The van der Waals surface area contributed by atoms with Crippen molar-refractivity contribution in [3.63, 3.8) is 0 Å². The molecule has 1 aliphatic heterocycles. The van der Waals surface area contributed by atoms with E-state index in [-0.39, 0.29) is 9.77 Å². The number of aryl methyl sites for hydroxylation is 1. The smallest absolute Gasteiger partial charge is 0.262 e. The minimum atomic E-state index is -3.53. The van der Waals surface area contributed by atoms with Crippen LogP contribution in [0, 0.1) is 0 Å². The molecule has 0 saturated carbocycles. The van der Waals surface area contributed by atoms with E-state index in [1.54, 1.807) is 25.2 Å². The minimum Gasteiger partial charge on any atom is -0.293 e. The molecule has 0 radical (unpaired) electrons. The molecular formula is C19H19ClN6O3S2. The summed E-state index contributed by atoms with van der Waals surface area (Å²) >= 11 is 6.98. The van der Waals surface area contributed by atoms with E-state index < -0.39 is 10.0 Å². The fourth-order valence-electron chi connectivity index (χ4n) is 3.89. The molecule has 31 heavy (non-hydrogen) atoms. The van der Waals surface area contributed by atoms with Crippen LogP contribution in [0.1, 0.15) is 5.82 Å². The van der Waals surface area contributed by atoms with Crippen molar-refractivity contribution in [3.8, 4) is 0 Å². The van der Waals surface area contributed by atoms with Crippen LogP contribution in [0.2, 0.25) is 4.34 Å². The molecule has 0 N–H and O–H groups in total. The number of halogens is 1. The lowest BCUT2D eigenvalue weighted by Gasteiger charge is -2.33. The predicted octanol–water partition coefficient (Wildman–Crippen LogP) is 1.80. The van der Waals surface area contributed by atoms with E-state index in [0.29, 0.717) is 54.0 Å². The quantitative estimate of drug-likeness (QED) is 0.444. The molecule has 4 heterocycles. The zero-order valence-electron chi connectivity index (χ0n) is 16.6. The van der Waals surface area contributed by atoms with Gasteiger partial charge in [-0.3, -0.25) is 18.7 Å². The van der Waals surface area contributed by atoms with Gasteiger partial charge in [0.15, 0.2) is 5.82 Å². The van der Waals surface area contributed by atoms with Crippen LogP contribution in [0.3, 0.4) is 0 Å². The number of fused-ring (bicyclic) bond motifs is 3. The molecule has 0 unspecified atom stereocenters. The number of sulfonamides is 1. The standard InChI is InChI=1S/C19H19ClN6O3S2/c1-23-18(27)13-4-2-3-5-14(13)26-16(21-22-19(23)26)12-24-8-10-25(11-9-24)31(28,29)17-7-6-15(20)30-17/h2-7H,8-12H2,1H3. The number of benzene rings is 1. The number of para-hydroxylation sites is 1. The molecule has 4 aromatic rings. The van der Waals surface area contributed by atoms with Crippen LogP contribution < -0.4 is 5.56 Å². The number of hydrogen-bond donors (Lipinski definition) is 0. The monoisotopic (exact) mass is 478 g/mol. The first-order chi connectivity index (χ1) is 14.9. The molecule has 9 nitrogen and oxygen atoms in total. The summed E-state index contributed by atoms with van der Waals surface area (Å²) in [5.74, 6) is 1.19. The summed E-state index contributed by atoms with van der Waals surface area (Å²) in [7, 11) is -1.85. The van der Waals surface area contributed by atoms with Crippen LogP contribution >= 0.6 is 22.9 Å². The first-order valence-electron chi connectivity index (χ1n) is 9.66. The second kappa shape index (κ2) is 7.68. The molecule has 1 saturated heterocycles. The molecule has 0 atom stereocenters. The first kappa shape index (κ1) is 20.6. The van der Waals surface area contributed by atoms with E-state index >= 15 is 0 Å². The molecule has 3 aromatic heterocycles. The normalized spacial score (nSPS) is 16.5. The van der Waals surface area contributed by atoms with E-state index in [1.165, 1.54) is 8.87 Å². The van der Waals surface area contributed by atoms with Gasteiger partial charge in [-0.05, 0) is 24.3 Å². The van der Waals surface area contributed by atoms with Crippen molar-refractivity contribution < 1.29 is 8.42 Å². The van der Waals surface area contributed by atoms with Gasteiger partial charge in [-0.25, -0.2) is 8.42 Å². The molecule has 0 spiro atoms. The second-order valence-electron chi connectivity index (χ2n) is 7.37. The zero-order valence-corrected chi connectivity index (χ0v) is 19.0. The van der Waals surface area contributed by atoms with Crippen molar-refractivity contribution in [1.29, 1.82) is 0 Å². The van der Waals surface area contributed by atoms with Gasteiger partial charge >= 0.3 is 0 Å². The maximum absolute atomic E-state index is 12.8. The molecular weight excluding hydrogens is 460 g/mol. The van der Waals surface area contributed by atoms with Gasteiger partial charge in [0, 0.05) is 33.2 Å². The highest BCUT2D eigenvalue weighted by Gasteiger charge is 2.30. The Morgan fingerprint density at radius 1 is 1.06 bits per heavy atom. The highest BCUT2D eigenvalue weighted by Crippen LogP contribution is 2.28. The third kappa shape index (κ3) is 3.46. The third-order valence-electron chi connectivity index (χ3n) is 5.53. The minimum absolute atomic E-state index is 0.116. The van der Waals surface area contributed by atoms with Crippen LogP contribution in [0.4, 0.5) is 0 Å². The highest BCUT2D eigenvalue weighted by molar-refractivity contribution is 7.91. The average Bonchev–Trinajstić information content (AvgIpc) is 3.39. The molecule has 162 valence electrons. The van der Waals surface area contributed by atoms with Crippen molar-refractivity contribution in [2.24, 2.45) is 7.05 Å². The maximum Gasteiger partial charge on any atom is 0.262 e. The summed E-state index contributed by atoms with van der Waals surface area (Å²) in [6.07, 6.45) is 0. The van der Waals surface area contributed by atoms with Crippen LogP contribution in [0.15, 0.2) is 45.4 Å². The lowest BCUT2D eigenvalue weighted by atomic mass is 10.2. The lowest BCUT2D eigenvalue weighted by Crippen LogP contribution is -2.48. The summed E-state index contributed by atoms with van der Waals surface area (Å²) in [6, 6.07) is 10.5. The van der Waals surface area contributed by atoms with Gasteiger partial charge in [-0.2, -0.15) is 4.31 Å². The number of aromatic nitrogens is 4. The van der Waals surface area contributed by atoms with Gasteiger partial charge in [-0.1, -0.05) is 23.7 Å². The van der Waals surface area contributed by atoms with Gasteiger partial charge < -0.3 is 0 Å². The Labute approximate surface area is 187 Å². The Morgan fingerprint density at radius 2 is 1.81 bits per heavy atom. The van der Waals surface area contributed by atoms with Crippen molar-refractivity contribution in [2.45, 2.75) is 10.8 Å². The summed E-state index contributed by atoms with van der Waals surface area (Å²) in [4.78, 5) is 14.7. The van der Waals surface area contributed by atoms with Gasteiger partial charge in [0.1, 0.15) is 4.21 Å². The van der Waals surface area contributed by atoms with E-state index in [9.17, 15) is 13.2 Å². The van der Waals surface area contributed by atoms with E-state index in [2.05, 4.69) is 15.1 Å². The van der Waals surface area contributed by atoms with Crippen LogP contribution in [-0.2, 0) is 23.6 Å². The lowest BCUT2D eigenvalue weighted by molar-refractivity contribution is 0.178.